The van der Waals surface area contributed by atoms with Gasteiger partial charge in [-0.05, 0) is 67.1 Å². The molecule has 0 saturated heterocycles. The summed E-state index contributed by atoms with van der Waals surface area (Å²) in [5, 5.41) is 6.11. The van der Waals surface area contributed by atoms with Gasteiger partial charge in [0.1, 0.15) is 5.70 Å². The number of hydrogen-bond acceptors (Lipinski definition) is 2. The normalized spacial score (nSPS) is 11.1. The Morgan fingerprint density at radius 2 is 1.52 bits per heavy atom. The van der Waals surface area contributed by atoms with E-state index >= 15 is 0 Å². The van der Waals surface area contributed by atoms with Crippen LogP contribution < -0.4 is 10.6 Å². The van der Waals surface area contributed by atoms with Crippen LogP contribution in [0.3, 0.4) is 0 Å². The lowest BCUT2D eigenvalue weighted by atomic mass is 10.1. The first-order chi connectivity index (χ1) is 13.9. The van der Waals surface area contributed by atoms with Crippen LogP contribution in [0.5, 0.6) is 0 Å². The van der Waals surface area contributed by atoms with E-state index in [4.69, 9.17) is 11.6 Å². The molecule has 3 aromatic rings. The van der Waals surface area contributed by atoms with Crippen LogP contribution >= 0.6 is 27.5 Å². The Kier molecular flexibility index (Phi) is 6.86. The first-order valence-electron chi connectivity index (χ1n) is 8.83. The van der Waals surface area contributed by atoms with Gasteiger partial charge in [0.2, 0.25) is 0 Å². The van der Waals surface area contributed by atoms with Gasteiger partial charge in [-0.3, -0.25) is 9.59 Å². The fourth-order valence-electron chi connectivity index (χ4n) is 2.52. The fourth-order valence-corrected chi connectivity index (χ4v) is 2.91. The molecule has 0 atom stereocenters. The van der Waals surface area contributed by atoms with Gasteiger partial charge >= 0.3 is 0 Å². The van der Waals surface area contributed by atoms with Crippen LogP contribution in [0, 0.1) is 6.92 Å². The molecule has 0 unspecified atom stereocenters. The number of benzene rings is 3. The average molecular weight is 470 g/mol. The Morgan fingerprint density at radius 3 is 2.14 bits per heavy atom. The van der Waals surface area contributed by atoms with Crippen LogP contribution in [0.1, 0.15) is 21.5 Å². The van der Waals surface area contributed by atoms with Crippen LogP contribution in [0.4, 0.5) is 5.69 Å². The molecule has 0 bridgehead atoms. The van der Waals surface area contributed by atoms with E-state index in [1.165, 1.54) is 0 Å². The van der Waals surface area contributed by atoms with Gasteiger partial charge in [0.25, 0.3) is 11.8 Å². The van der Waals surface area contributed by atoms with E-state index in [1.807, 2.05) is 31.2 Å². The Hall–Kier alpha value is -2.89. The molecule has 3 aromatic carbocycles. The van der Waals surface area contributed by atoms with Gasteiger partial charge in [-0.15, -0.1) is 0 Å². The summed E-state index contributed by atoms with van der Waals surface area (Å²) in [5.41, 5.74) is 3.03. The lowest BCUT2D eigenvalue weighted by Crippen LogP contribution is -2.30. The highest BCUT2D eigenvalue weighted by Gasteiger charge is 2.15. The van der Waals surface area contributed by atoms with Gasteiger partial charge in [-0.25, -0.2) is 0 Å². The highest BCUT2D eigenvalue weighted by atomic mass is 79.9. The molecule has 4 nitrogen and oxygen atoms in total. The minimum absolute atomic E-state index is 0.126. The van der Waals surface area contributed by atoms with Crippen molar-refractivity contribution in [2.45, 2.75) is 6.92 Å². The minimum atomic E-state index is -0.422. The van der Waals surface area contributed by atoms with E-state index in [2.05, 4.69) is 26.6 Å². The fraction of sp³-hybridized carbons (Fsp3) is 0.0435. The molecule has 2 N–H and O–H groups in total. The Bertz CT molecular complexity index is 1040. The largest absolute Gasteiger partial charge is 0.321 e. The molecule has 0 aliphatic rings. The second kappa shape index (κ2) is 9.54. The molecular formula is C23H18BrClN2O2. The van der Waals surface area contributed by atoms with E-state index in [1.54, 1.807) is 54.6 Å². The quantitative estimate of drug-likeness (QED) is 0.463. The molecule has 0 heterocycles. The summed E-state index contributed by atoms with van der Waals surface area (Å²) in [6.45, 7) is 1.97. The molecule has 146 valence electrons. The molecule has 0 radical (unpaired) electrons. The van der Waals surface area contributed by atoms with Crippen molar-refractivity contribution in [1.82, 2.24) is 5.32 Å². The van der Waals surface area contributed by atoms with Gasteiger partial charge < -0.3 is 10.6 Å². The van der Waals surface area contributed by atoms with Gasteiger partial charge in [0.05, 0.1) is 0 Å². The Morgan fingerprint density at radius 1 is 0.897 bits per heavy atom. The molecule has 2 amide bonds. The summed E-state index contributed by atoms with van der Waals surface area (Å²) in [7, 11) is 0. The third-order valence-electron chi connectivity index (χ3n) is 4.09. The van der Waals surface area contributed by atoms with E-state index < -0.39 is 5.91 Å². The van der Waals surface area contributed by atoms with Gasteiger partial charge in [-0.2, -0.15) is 0 Å². The summed E-state index contributed by atoms with van der Waals surface area (Å²) in [5.74, 6) is -0.800. The summed E-state index contributed by atoms with van der Waals surface area (Å²) >= 11 is 9.28. The molecule has 0 aromatic heterocycles. The molecule has 0 saturated carbocycles. The molecule has 0 spiro atoms. The third-order valence-corrected chi connectivity index (χ3v) is 4.87. The SMILES string of the molecule is Cc1ccc(NC(=O)/C(=C\c2ccc(Cl)cc2)NC(=O)c2ccc(Br)cc2)cc1. The van der Waals surface area contributed by atoms with Gasteiger partial charge in [0.15, 0.2) is 0 Å². The van der Waals surface area contributed by atoms with E-state index in [0.717, 1.165) is 15.6 Å². The van der Waals surface area contributed by atoms with Crippen molar-refractivity contribution >= 4 is 51.1 Å². The summed E-state index contributed by atoms with van der Waals surface area (Å²) < 4.78 is 0.864. The van der Waals surface area contributed by atoms with Crippen molar-refractivity contribution in [2.24, 2.45) is 0 Å². The lowest BCUT2D eigenvalue weighted by Gasteiger charge is -2.12. The van der Waals surface area contributed by atoms with Crippen molar-refractivity contribution < 1.29 is 9.59 Å². The number of nitrogens with one attached hydrogen (secondary N) is 2. The number of halogens is 2. The van der Waals surface area contributed by atoms with Crippen LogP contribution in [0.25, 0.3) is 6.08 Å². The molecule has 3 rings (SSSR count). The number of rotatable bonds is 5. The van der Waals surface area contributed by atoms with Crippen molar-refractivity contribution in [3.05, 3.63) is 105 Å². The maximum absolute atomic E-state index is 12.9. The molecule has 0 aliphatic carbocycles. The van der Waals surface area contributed by atoms with E-state index in [-0.39, 0.29) is 11.6 Å². The second-order valence-corrected chi connectivity index (χ2v) is 7.74. The summed E-state index contributed by atoms with van der Waals surface area (Å²) in [6, 6.07) is 21.3. The zero-order valence-electron chi connectivity index (χ0n) is 15.6. The van der Waals surface area contributed by atoms with Crippen LogP contribution in [0.15, 0.2) is 83.0 Å². The zero-order valence-corrected chi connectivity index (χ0v) is 17.9. The van der Waals surface area contributed by atoms with Crippen LogP contribution in [-0.2, 0) is 4.79 Å². The minimum Gasteiger partial charge on any atom is -0.321 e. The lowest BCUT2D eigenvalue weighted by molar-refractivity contribution is -0.113. The first-order valence-corrected chi connectivity index (χ1v) is 10.00. The van der Waals surface area contributed by atoms with Crippen molar-refractivity contribution in [3.63, 3.8) is 0 Å². The number of carbonyl (C=O) groups is 2. The Labute approximate surface area is 182 Å². The molecule has 0 aliphatic heterocycles. The zero-order chi connectivity index (χ0) is 20.8. The summed E-state index contributed by atoms with van der Waals surface area (Å²) in [4.78, 5) is 25.5. The number of carbonyl (C=O) groups excluding carboxylic acids is 2. The Balaban J connectivity index is 1.86. The number of aryl methyl sites for hydroxylation is 1. The van der Waals surface area contributed by atoms with Crippen molar-refractivity contribution in [2.75, 3.05) is 5.32 Å². The number of anilines is 1. The standard InChI is InChI=1S/C23H18BrClN2O2/c1-15-2-12-20(13-3-15)26-23(29)21(14-16-4-10-19(25)11-5-16)27-22(28)17-6-8-18(24)9-7-17/h2-14H,1H3,(H,26,29)(H,27,28)/b21-14+. The predicted octanol–water partition coefficient (Wildman–Crippen LogP) is 5.82. The van der Waals surface area contributed by atoms with Crippen LogP contribution in [0.2, 0.25) is 5.02 Å². The monoisotopic (exact) mass is 468 g/mol. The number of amides is 2. The number of hydrogen-bond donors (Lipinski definition) is 2. The van der Waals surface area contributed by atoms with Crippen LogP contribution in [-0.4, -0.2) is 11.8 Å². The molecule has 0 fully saturated rings. The second-order valence-electron chi connectivity index (χ2n) is 6.39. The maximum atomic E-state index is 12.9. The van der Waals surface area contributed by atoms with Crippen molar-refractivity contribution in [3.8, 4) is 0 Å². The average Bonchev–Trinajstić information content (AvgIpc) is 2.71. The molecule has 6 heteroatoms. The highest BCUT2D eigenvalue weighted by molar-refractivity contribution is 9.10. The summed E-state index contributed by atoms with van der Waals surface area (Å²) in [6.07, 6.45) is 1.61. The first kappa shape index (κ1) is 20.8. The van der Waals surface area contributed by atoms with E-state index in [9.17, 15) is 9.59 Å². The molecule has 29 heavy (non-hydrogen) atoms. The maximum Gasteiger partial charge on any atom is 0.272 e. The molecular weight excluding hydrogens is 452 g/mol. The predicted molar refractivity (Wildman–Crippen MR) is 121 cm³/mol. The van der Waals surface area contributed by atoms with Gasteiger partial charge in [-0.1, -0.05) is 57.4 Å². The highest BCUT2D eigenvalue weighted by Crippen LogP contribution is 2.15. The van der Waals surface area contributed by atoms with Gasteiger partial charge in [0, 0.05) is 20.7 Å². The topological polar surface area (TPSA) is 58.2 Å². The van der Waals surface area contributed by atoms with E-state index in [0.29, 0.717) is 16.3 Å². The third kappa shape index (κ3) is 6.04. The smallest absolute Gasteiger partial charge is 0.272 e. The van der Waals surface area contributed by atoms with Crippen molar-refractivity contribution in [1.29, 1.82) is 0 Å².